The molecule has 0 atom stereocenters. The van der Waals surface area contributed by atoms with Gasteiger partial charge in [0.05, 0.1) is 35.9 Å². The van der Waals surface area contributed by atoms with E-state index in [4.69, 9.17) is 4.74 Å². The standard InChI is InChI=1S/C27H27N5O4S3/c1-2-36-26(35)23-18-10-6-11-19(18)39-25(23)29-22(33)16-38-27-31-30-21(14-28-24(34)20-12-7-13-37-20)32(27)15-17-8-4-3-5-9-17/h3-5,7-9,12-13H,2,6,10-11,14-16H2,1H3,(H,28,34)(H,29,33). The van der Waals surface area contributed by atoms with Crippen LogP contribution in [-0.2, 0) is 35.5 Å². The van der Waals surface area contributed by atoms with Gasteiger partial charge in [0.25, 0.3) is 5.91 Å². The van der Waals surface area contributed by atoms with Gasteiger partial charge in [-0.25, -0.2) is 4.79 Å². The Morgan fingerprint density at radius 3 is 2.72 bits per heavy atom. The molecule has 1 aliphatic rings. The van der Waals surface area contributed by atoms with Crippen LogP contribution in [0.15, 0.2) is 53.0 Å². The molecule has 39 heavy (non-hydrogen) atoms. The van der Waals surface area contributed by atoms with Gasteiger partial charge in [0.1, 0.15) is 5.00 Å². The number of rotatable bonds is 11. The van der Waals surface area contributed by atoms with Gasteiger partial charge in [-0.2, -0.15) is 0 Å². The van der Waals surface area contributed by atoms with Crippen LogP contribution in [0.1, 0.15) is 55.2 Å². The predicted octanol–water partition coefficient (Wildman–Crippen LogP) is 4.78. The van der Waals surface area contributed by atoms with E-state index in [1.807, 2.05) is 46.3 Å². The number of nitrogens with zero attached hydrogens (tertiary/aromatic N) is 3. The molecule has 9 nitrogen and oxygen atoms in total. The van der Waals surface area contributed by atoms with Crippen LogP contribution in [0.25, 0.3) is 0 Å². The summed E-state index contributed by atoms with van der Waals surface area (Å²) in [5, 5.41) is 17.4. The van der Waals surface area contributed by atoms with Gasteiger partial charge >= 0.3 is 5.97 Å². The fourth-order valence-corrected chi connectivity index (χ4v) is 7.03. The number of aryl methyl sites for hydroxylation is 1. The molecular weight excluding hydrogens is 555 g/mol. The molecule has 5 rings (SSSR count). The Bertz CT molecular complexity index is 1460. The van der Waals surface area contributed by atoms with Gasteiger partial charge in [-0.15, -0.1) is 32.9 Å². The fourth-order valence-electron chi connectivity index (χ4n) is 4.34. The zero-order chi connectivity index (χ0) is 27.2. The van der Waals surface area contributed by atoms with Crippen molar-refractivity contribution >= 4 is 57.2 Å². The number of hydrogen-bond acceptors (Lipinski definition) is 9. The summed E-state index contributed by atoms with van der Waals surface area (Å²) in [7, 11) is 0. The molecule has 0 unspecified atom stereocenters. The molecule has 0 spiro atoms. The van der Waals surface area contributed by atoms with E-state index in [0.717, 1.165) is 35.3 Å². The summed E-state index contributed by atoms with van der Waals surface area (Å²) in [6.07, 6.45) is 2.73. The Kier molecular flexibility index (Phi) is 8.74. The third-order valence-corrected chi connectivity index (χ3v) is 9.16. The molecule has 3 heterocycles. The summed E-state index contributed by atoms with van der Waals surface area (Å²) in [6.45, 7) is 2.74. The molecule has 1 aliphatic carbocycles. The van der Waals surface area contributed by atoms with E-state index in [9.17, 15) is 14.4 Å². The molecule has 1 aromatic carbocycles. The van der Waals surface area contributed by atoms with Crippen molar-refractivity contribution in [1.29, 1.82) is 0 Å². The highest BCUT2D eigenvalue weighted by molar-refractivity contribution is 7.99. The van der Waals surface area contributed by atoms with E-state index >= 15 is 0 Å². The minimum absolute atomic E-state index is 0.0826. The molecule has 0 radical (unpaired) electrons. The number of thiophene rings is 2. The maximum absolute atomic E-state index is 13.0. The maximum atomic E-state index is 13.0. The van der Waals surface area contributed by atoms with Crippen LogP contribution in [0.5, 0.6) is 0 Å². The van der Waals surface area contributed by atoms with Crippen molar-refractivity contribution in [2.75, 3.05) is 17.7 Å². The number of carbonyl (C=O) groups excluding carboxylic acids is 3. The lowest BCUT2D eigenvalue weighted by Gasteiger charge is -2.11. The third-order valence-electron chi connectivity index (χ3n) is 6.12. The van der Waals surface area contributed by atoms with E-state index in [2.05, 4.69) is 20.8 Å². The topological polar surface area (TPSA) is 115 Å². The van der Waals surface area contributed by atoms with Crippen LogP contribution in [0.4, 0.5) is 5.00 Å². The van der Waals surface area contributed by atoms with Crippen molar-refractivity contribution in [3.05, 3.63) is 80.1 Å². The molecular formula is C27H27N5O4S3. The summed E-state index contributed by atoms with van der Waals surface area (Å²) in [5.74, 6) is -0.137. The number of anilines is 1. The van der Waals surface area contributed by atoms with Crippen LogP contribution in [-0.4, -0.2) is 44.9 Å². The van der Waals surface area contributed by atoms with Crippen molar-refractivity contribution in [3.8, 4) is 0 Å². The number of fused-ring (bicyclic) bond motifs is 1. The monoisotopic (exact) mass is 581 g/mol. The van der Waals surface area contributed by atoms with Gasteiger partial charge in [-0.1, -0.05) is 48.2 Å². The normalized spacial score (nSPS) is 12.2. The smallest absolute Gasteiger partial charge is 0.341 e. The first-order valence-electron chi connectivity index (χ1n) is 12.6. The fraction of sp³-hybridized carbons (Fsp3) is 0.296. The second kappa shape index (κ2) is 12.6. The number of hydrogen-bond donors (Lipinski definition) is 2. The Morgan fingerprint density at radius 2 is 1.95 bits per heavy atom. The lowest BCUT2D eigenvalue weighted by atomic mass is 10.1. The van der Waals surface area contributed by atoms with Crippen molar-refractivity contribution in [1.82, 2.24) is 20.1 Å². The van der Waals surface area contributed by atoms with Crippen LogP contribution in [0.3, 0.4) is 0 Å². The van der Waals surface area contributed by atoms with Crippen LogP contribution in [0, 0.1) is 0 Å². The zero-order valence-corrected chi connectivity index (χ0v) is 23.7. The van der Waals surface area contributed by atoms with Crippen molar-refractivity contribution in [3.63, 3.8) is 0 Å². The minimum Gasteiger partial charge on any atom is -0.462 e. The summed E-state index contributed by atoms with van der Waals surface area (Å²) >= 11 is 4.08. The van der Waals surface area contributed by atoms with E-state index in [1.54, 1.807) is 13.0 Å². The molecule has 0 saturated heterocycles. The number of thioether (sulfide) groups is 1. The molecule has 0 bridgehead atoms. The van der Waals surface area contributed by atoms with Crippen LogP contribution in [0.2, 0.25) is 0 Å². The highest BCUT2D eigenvalue weighted by Crippen LogP contribution is 2.39. The summed E-state index contributed by atoms with van der Waals surface area (Å²) in [6, 6.07) is 13.5. The first-order chi connectivity index (χ1) is 19.0. The van der Waals surface area contributed by atoms with Crippen molar-refractivity contribution in [2.45, 2.75) is 44.4 Å². The highest BCUT2D eigenvalue weighted by atomic mass is 32.2. The summed E-state index contributed by atoms with van der Waals surface area (Å²) < 4.78 is 7.17. The van der Waals surface area contributed by atoms with Crippen molar-refractivity contribution < 1.29 is 19.1 Å². The molecule has 0 aliphatic heterocycles. The highest BCUT2D eigenvalue weighted by Gasteiger charge is 2.28. The number of benzene rings is 1. The average Bonchev–Trinajstić information content (AvgIpc) is 3.73. The molecule has 0 saturated carbocycles. The van der Waals surface area contributed by atoms with E-state index in [-0.39, 0.29) is 30.7 Å². The lowest BCUT2D eigenvalue weighted by Crippen LogP contribution is -2.24. The Labute approximate surface area is 238 Å². The molecule has 202 valence electrons. The number of aromatic nitrogens is 3. The Morgan fingerprint density at radius 1 is 1.10 bits per heavy atom. The second-order valence-electron chi connectivity index (χ2n) is 8.75. The first kappa shape index (κ1) is 27.1. The quantitative estimate of drug-likeness (QED) is 0.194. The summed E-state index contributed by atoms with van der Waals surface area (Å²) in [4.78, 5) is 39.8. The predicted molar refractivity (Wildman–Crippen MR) is 153 cm³/mol. The average molecular weight is 582 g/mol. The third kappa shape index (κ3) is 6.40. The van der Waals surface area contributed by atoms with Gasteiger partial charge in [-0.3, -0.25) is 9.59 Å². The van der Waals surface area contributed by atoms with E-state index in [1.165, 1.54) is 34.4 Å². The second-order valence-corrected chi connectivity index (χ2v) is 11.7. The molecule has 0 fully saturated rings. The molecule has 2 N–H and O–H groups in total. The number of carbonyl (C=O) groups is 3. The van der Waals surface area contributed by atoms with E-state index < -0.39 is 5.97 Å². The number of amides is 2. The maximum Gasteiger partial charge on any atom is 0.341 e. The number of ether oxygens (including phenoxy) is 1. The van der Waals surface area contributed by atoms with Gasteiger partial charge in [0, 0.05) is 4.88 Å². The Hall–Kier alpha value is -3.48. The minimum atomic E-state index is -0.392. The SMILES string of the molecule is CCOC(=O)c1c(NC(=O)CSc2nnc(CNC(=O)c3cccs3)n2Cc2ccccc2)sc2c1CCC2. The van der Waals surface area contributed by atoms with Crippen molar-refractivity contribution in [2.24, 2.45) is 0 Å². The molecule has 4 aromatic rings. The number of esters is 1. The lowest BCUT2D eigenvalue weighted by molar-refractivity contribution is -0.113. The molecule has 12 heteroatoms. The van der Waals surface area contributed by atoms with Gasteiger partial charge in [-0.05, 0) is 48.8 Å². The first-order valence-corrected chi connectivity index (χ1v) is 15.2. The van der Waals surface area contributed by atoms with Crippen LogP contribution >= 0.6 is 34.4 Å². The number of nitrogens with one attached hydrogen (secondary N) is 2. The van der Waals surface area contributed by atoms with Crippen LogP contribution < -0.4 is 10.6 Å². The molecule has 2 amide bonds. The van der Waals surface area contributed by atoms with Gasteiger partial charge in [0.2, 0.25) is 5.91 Å². The van der Waals surface area contributed by atoms with Gasteiger partial charge in [0.15, 0.2) is 11.0 Å². The largest absolute Gasteiger partial charge is 0.462 e. The summed E-state index contributed by atoms with van der Waals surface area (Å²) in [5.41, 5.74) is 2.53. The Balaban J connectivity index is 1.29. The molecule has 3 aromatic heterocycles. The van der Waals surface area contributed by atoms with Gasteiger partial charge < -0.3 is 19.9 Å². The van der Waals surface area contributed by atoms with E-state index in [0.29, 0.717) is 33.0 Å². The zero-order valence-electron chi connectivity index (χ0n) is 21.3.